The van der Waals surface area contributed by atoms with Crippen LogP contribution < -0.4 is 19.7 Å². The van der Waals surface area contributed by atoms with Crippen LogP contribution in [0.1, 0.15) is 6.42 Å². The number of alkyl halides is 3. The largest absolute Gasteiger partial charge is 0.573 e. The Morgan fingerprint density at radius 3 is 2.33 bits per heavy atom. The molecular weight excluding hydrogens is 463 g/mol. The lowest BCUT2D eigenvalue weighted by Gasteiger charge is -2.33. The summed E-state index contributed by atoms with van der Waals surface area (Å²) in [6.07, 6.45) is -3.47. The minimum atomic E-state index is -4.87. The zero-order valence-corrected chi connectivity index (χ0v) is 18.6. The summed E-state index contributed by atoms with van der Waals surface area (Å²) >= 11 is 0. The first-order valence-corrected chi connectivity index (χ1v) is 11.5. The van der Waals surface area contributed by atoms with Gasteiger partial charge < -0.3 is 19.9 Å². The van der Waals surface area contributed by atoms with Crippen LogP contribution in [0, 0.1) is 0 Å². The van der Waals surface area contributed by atoms with E-state index in [1.807, 2.05) is 6.07 Å². The van der Waals surface area contributed by atoms with Gasteiger partial charge in [-0.05, 0) is 43.4 Å². The molecule has 33 heavy (non-hydrogen) atoms. The Hall–Kier alpha value is -2.90. The predicted molar refractivity (Wildman–Crippen MR) is 116 cm³/mol. The zero-order chi connectivity index (χ0) is 24.1. The number of halogens is 3. The number of piperazine rings is 1. The van der Waals surface area contributed by atoms with Crippen molar-refractivity contribution in [1.82, 2.24) is 14.6 Å². The van der Waals surface area contributed by atoms with E-state index in [1.165, 1.54) is 0 Å². The van der Waals surface area contributed by atoms with Gasteiger partial charge in [0.25, 0.3) is 0 Å². The third kappa shape index (κ3) is 7.58. The van der Waals surface area contributed by atoms with Gasteiger partial charge in [-0.3, -0.25) is 4.79 Å². The highest BCUT2D eigenvalue weighted by Crippen LogP contribution is 2.24. The zero-order valence-electron chi connectivity index (χ0n) is 17.8. The molecule has 1 saturated heterocycles. The quantitative estimate of drug-likeness (QED) is 0.587. The molecule has 180 valence electrons. The van der Waals surface area contributed by atoms with E-state index < -0.39 is 28.0 Å². The summed E-state index contributed by atoms with van der Waals surface area (Å²) in [5.41, 5.74) is 0.487. The summed E-state index contributed by atoms with van der Waals surface area (Å²) in [6.45, 7) is 3.44. The fourth-order valence-corrected chi connectivity index (χ4v) is 4.14. The minimum Gasteiger partial charge on any atom is -0.406 e. The monoisotopic (exact) mass is 487 g/mol. The van der Waals surface area contributed by atoms with Crippen molar-refractivity contribution in [3.05, 3.63) is 42.6 Å². The number of pyridine rings is 1. The molecule has 2 N–H and O–H groups in total. The molecule has 2 heterocycles. The number of carbonyl (C=O) groups is 1. The van der Waals surface area contributed by atoms with Crippen LogP contribution in [0.2, 0.25) is 0 Å². The van der Waals surface area contributed by atoms with Crippen molar-refractivity contribution in [3.63, 3.8) is 0 Å². The molecule has 3 rings (SSSR count). The first-order chi connectivity index (χ1) is 15.5. The average molecular weight is 488 g/mol. The van der Waals surface area contributed by atoms with E-state index in [0.29, 0.717) is 5.69 Å². The lowest BCUT2D eigenvalue weighted by atomic mass is 10.3. The van der Waals surface area contributed by atoms with Gasteiger partial charge in [0, 0.05) is 39.1 Å². The van der Waals surface area contributed by atoms with Crippen molar-refractivity contribution in [3.8, 4) is 5.75 Å². The normalized spacial score (nSPS) is 15.3. The highest BCUT2D eigenvalue weighted by molar-refractivity contribution is 7.89. The summed E-state index contributed by atoms with van der Waals surface area (Å²) in [7, 11) is -1.94. The van der Waals surface area contributed by atoms with Crippen LogP contribution in [0.3, 0.4) is 0 Å². The molecule has 1 fully saturated rings. The molecular formula is C20H24F3N5O4S. The van der Waals surface area contributed by atoms with E-state index in [-0.39, 0.29) is 17.9 Å². The van der Waals surface area contributed by atoms with E-state index in [1.54, 1.807) is 12.3 Å². The van der Waals surface area contributed by atoms with E-state index in [0.717, 1.165) is 56.3 Å². The highest BCUT2D eigenvalue weighted by Gasteiger charge is 2.31. The number of nitrogens with zero attached hydrogens (tertiary/aromatic N) is 3. The third-order valence-electron chi connectivity index (χ3n) is 4.87. The fourth-order valence-electron chi connectivity index (χ4n) is 3.11. The Morgan fingerprint density at radius 1 is 1.09 bits per heavy atom. The highest BCUT2D eigenvalue weighted by atomic mass is 32.2. The van der Waals surface area contributed by atoms with Crippen LogP contribution in [0.15, 0.2) is 47.5 Å². The Morgan fingerprint density at radius 2 is 1.76 bits per heavy atom. The molecule has 0 spiro atoms. The molecule has 1 aliphatic rings. The summed E-state index contributed by atoms with van der Waals surface area (Å²) in [5, 5.41) is 2.65. The smallest absolute Gasteiger partial charge is 0.406 e. The standard InChI is InChI=1S/C20H24F3N5O4S/c1-27-10-12-28(13-11-27)18-7-2-15(14-24-18)26-19(29)8-9-25-33(30,31)17-5-3-16(4-6-17)32-20(21,22)23/h2-7,14,25H,8-13H2,1H3,(H,26,29). The average Bonchev–Trinajstić information content (AvgIpc) is 2.74. The van der Waals surface area contributed by atoms with Gasteiger partial charge in [-0.2, -0.15) is 0 Å². The lowest BCUT2D eigenvalue weighted by molar-refractivity contribution is -0.274. The minimum absolute atomic E-state index is 0.144. The SMILES string of the molecule is CN1CCN(c2ccc(NC(=O)CCNS(=O)(=O)c3ccc(OC(F)(F)F)cc3)cn2)CC1. The van der Waals surface area contributed by atoms with E-state index in [2.05, 4.69) is 36.6 Å². The number of rotatable bonds is 8. The second-order valence-electron chi connectivity index (χ2n) is 7.41. The Labute approximate surface area is 189 Å². The molecule has 1 aliphatic heterocycles. The molecule has 0 bridgehead atoms. The molecule has 0 radical (unpaired) electrons. The van der Waals surface area contributed by atoms with Gasteiger partial charge >= 0.3 is 6.36 Å². The van der Waals surface area contributed by atoms with Crippen molar-refractivity contribution in [2.75, 3.05) is 50.0 Å². The van der Waals surface area contributed by atoms with Gasteiger partial charge in [0.2, 0.25) is 15.9 Å². The van der Waals surface area contributed by atoms with Gasteiger partial charge in [0.15, 0.2) is 0 Å². The van der Waals surface area contributed by atoms with Crippen LogP contribution >= 0.6 is 0 Å². The first kappa shape index (κ1) is 24.7. The molecule has 0 unspecified atom stereocenters. The number of carbonyl (C=O) groups excluding carboxylic acids is 1. The first-order valence-electron chi connectivity index (χ1n) is 10.1. The molecule has 1 aromatic carbocycles. The number of benzene rings is 1. The van der Waals surface area contributed by atoms with Gasteiger partial charge in [-0.25, -0.2) is 18.1 Å². The topological polar surface area (TPSA) is 104 Å². The maximum Gasteiger partial charge on any atom is 0.573 e. The fraction of sp³-hybridized carbons (Fsp3) is 0.400. The number of nitrogens with one attached hydrogen (secondary N) is 2. The second-order valence-corrected chi connectivity index (χ2v) is 9.18. The summed E-state index contributed by atoms with van der Waals surface area (Å²) in [5.74, 6) is -0.130. The molecule has 9 nitrogen and oxygen atoms in total. The van der Waals surface area contributed by atoms with Gasteiger partial charge in [-0.15, -0.1) is 13.2 Å². The van der Waals surface area contributed by atoms with Crippen molar-refractivity contribution in [1.29, 1.82) is 0 Å². The van der Waals surface area contributed by atoms with Crippen LogP contribution in [-0.4, -0.2) is 70.3 Å². The number of ether oxygens (including phenoxy) is 1. The molecule has 1 amide bonds. The number of sulfonamides is 1. The Kier molecular flexibility index (Phi) is 7.76. The summed E-state index contributed by atoms with van der Waals surface area (Å²) in [4.78, 5) is 20.6. The third-order valence-corrected chi connectivity index (χ3v) is 6.35. The number of likely N-dealkylation sites (N-methyl/N-ethyl adjacent to an activating group) is 1. The summed E-state index contributed by atoms with van der Waals surface area (Å²) in [6, 6.07) is 7.30. The lowest BCUT2D eigenvalue weighted by Crippen LogP contribution is -2.44. The van der Waals surface area contributed by atoms with Crippen LogP contribution in [0.5, 0.6) is 5.75 Å². The van der Waals surface area contributed by atoms with Crippen molar-refractivity contribution in [2.24, 2.45) is 0 Å². The summed E-state index contributed by atoms with van der Waals surface area (Å²) < 4.78 is 67.0. The van der Waals surface area contributed by atoms with E-state index >= 15 is 0 Å². The van der Waals surface area contributed by atoms with Crippen LogP contribution in [0.25, 0.3) is 0 Å². The maximum atomic E-state index is 12.3. The van der Waals surface area contributed by atoms with E-state index in [4.69, 9.17) is 0 Å². The number of hydrogen-bond acceptors (Lipinski definition) is 7. The molecule has 13 heteroatoms. The number of aromatic nitrogens is 1. The number of amides is 1. The predicted octanol–water partition coefficient (Wildman–Crippen LogP) is 2.04. The number of hydrogen-bond donors (Lipinski definition) is 2. The molecule has 1 aromatic heterocycles. The van der Waals surface area contributed by atoms with Crippen LogP contribution in [0.4, 0.5) is 24.7 Å². The van der Waals surface area contributed by atoms with Gasteiger partial charge in [0.1, 0.15) is 11.6 Å². The Balaban J connectivity index is 1.45. The van der Waals surface area contributed by atoms with Crippen molar-refractivity contribution < 1.29 is 31.1 Å². The molecule has 2 aromatic rings. The second kappa shape index (κ2) is 10.4. The van der Waals surface area contributed by atoms with Gasteiger partial charge in [0.05, 0.1) is 16.8 Å². The molecule has 0 saturated carbocycles. The Bertz CT molecular complexity index is 1040. The maximum absolute atomic E-state index is 12.3. The van der Waals surface area contributed by atoms with Crippen molar-refractivity contribution >= 4 is 27.4 Å². The number of anilines is 2. The van der Waals surface area contributed by atoms with Crippen LogP contribution in [-0.2, 0) is 14.8 Å². The molecule has 0 atom stereocenters. The molecule has 0 aliphatic carbocycles. The van der Waals surface area contributed by atoms with E-state index in [9.17, 15) is 26.4 Å². The van der Waals surface area contributed by atoms with Crippen molar-refractivity contribution in [2.45, 2.75) is 17.7 Å². The van der Waals surface area contributed by atoms with Gasteiger partial charge in [-0.1, -0.05) is 0 Å².